The van der Waals surface area contributed by atoms with Gasteiger partial charge in [0.2, 0.25) is 10.0 Å². The van der Waals surface area contributed by atoms with Crippen molar-refractivity contribution in [2.24, 2.45) is 0 Å². The Morgan fingerprint density at radius 3 is 2.55 bits per heavy atom. The summed E-state index contributed by atoms with van der Waals surface area (Å²) in [5.41, 5.74) is 0.903. The summed E-state index contributed by atoms with van der Waals surface area (Å²) in [5, 5.41) is 2.73. The quantitative estimate of drug-likeness (QED) is 0.501. The Balaban J connectivity index is 1.53. The van der Waals surface area contributed by atoms with Crippen LogP contribution in [0.4, 0.5) is 5.69 Å². The van der Waals surface area contributed by atoms with Crippen molar-refractivity contribution in [3.63, 3.8) is 0 Å². The normalized spacial score (nSPS) is 14.2. The highest BCUT2D eigenvalue weighted by Gasteiger charge is 2.30. The molecule has 1 saturated heterocycles. The summed E-state index contributed by atoms with van der Waals surface area (Å²) in [6.45, 7) is 3.22. The number of nitrogens with one attached hydrogen (secondary N) is 1. The van der Waals surface area contributed by atoms with Crippen LogP contribution >= 0.6 is 0 Å². The number of ether oxygens (including phenoxy) is 2. The minimum absolute atomic E-state index is 0.0381. The van der Waals surface area contributed by atoms with Crippen LogP contribution in [0.1, 0.15) is 35.9 Å². The maximum Gasteiger partial charge on any atom is 0.291 e. The lowest BCUT2D eigenvalue weighted by atomic mass is 10.2. The lowest BCUT2D eigenvalue weighted by Gasteiger charge is -2.19. The van der Waals surface area contributed by atoms with Crippen LogP contribution in [0.15, 0.2) is 70.2 Å². The standard InChI is InChI=1S/C24H26N2O6S/c1-2-30-21-11-10-19(16-22(21)33(28,29)26-13-6-7-14-26)25-24(27)23-18(12-15-31-23)17-32-20-8-4-3-5-9-20/h3-5,8-12,15-16H,2,6-7,13-14,17H2,1H3,(H,25,27). The Morgan fingerprint density at radius 1 is 1.06 bits per heavy atom. The summed E-state index contributed by atoms with van der Waals surface area (Å²) < 4.78 is 44.4. The Kier molecular flexibility index (Phi) is 7.00. The van der Waals surface area contributed by atoms with Gasteiger partial charge in [0.25, 0.3) is 5.91 Å². The summed E-state index contributed by atoms with van der Waals surface area (Å²) in [5.74, 6) is 0.537. The van der Waals surface area contributed by atoms with Crippen molar-refractivity contribution < 1.29 is 27.1 Å². The van der Waals surface area contributed by atoms with E-state index in [1.54, 1.807) is 25.1 Å². The highest BCUT2D eigenvalue weighted by Crippen LogP contribution is 2.32. The van der Waals surface area contributed by atoms with Gasteiger partial charge in [0, 0.05) is 24.3 Å². The highest BCUT2D eigenvalue weighted by atomic mass is 32.2. The number of anilines is 1. The second-order valence-corrected chi connectivity index (χ2v) is 9.44. The summed E-state index contributed by atoms with van der Waals surface area (Å²) in [7, 11) is -3.74. The summed E-state index contributed by atoms with van der Waals surface area (Å²) in [6, 6.07) is 15.5. The predicted octanol–water partition coefficient (Wildman–Crippen LogP) is 4.29. The molecule has 0 saturated carbocycles. The molecular weight excluding hydrogens is 444 g/mol. The van der Waals surface area contributed by atoms with E-state index in [1.807, 2.05) is 30.3 Å². The molecule has 2 heterocycles. The van der Waals surface area contributed by atoms with E-state index in [-0.39, 0.29) is 23.0 Å². The van der Waals surface area contributed by atoms with Gasteiger partial charge in [0.15, 0.2) is 5.76 Å². The number of nitrogens with zero attached hydrogens (tertiary/aromatic N) is 1. The molecule has 8 nitrogen and oxygen atoms in total. The van der Waals surface area contributed by atoms with Gasteiger partial charge >= 0.3 is 0 Å². The van der Waals surface area contributed by atoms with Crippen molar-refractivity contribution in [3.05, 3.63) is 72.2 Å². The molecule has 0 atom stereocenters. The fourth-order valence-electron chi connectivity index (χ4n) is 3.64. The first-order valence-corrected chi connectivity index (χ1v) is 12.3. The minimum atomic E-state index is -3.74. The van der Waals surface area contributed by atoms with Crippen molar-refractivity contribution in [1.82, 2.24) is 4.31 Å². The van der Waals surface area contributed by atoms with Gasteiger partial charge in [-0.05, 0) is 56.2 Å². The van der Waals surface area contributed by atoms with Crippen molar-refractivity contribution in [2.75, 3.05) is 25.0 Å². The minimum Gasteiger partial charge on any atom is -0.492 e. The van der Waals surface area contributed by atoms with E-state index in [9.17, 15) is 13.2 Å². The summed E-state index contributed by atoms with van der Waals surface area (Å²) in [6.07, 6.45) is 3.07. The number of rotatable bonds is 9. The van der Waals surface area contributed by atoms with Crippen LogP contribution in [0.2, 0.25) is 0 Å². The first-order valence-electron chi connectivity index (χ1n) is 10.8. The number of hydrogen-bond donors (Lipinski definition) is 1. The Labute approximate surface area is 193 Å². The van der Waals surface area contributed by atoms with E-state index in [4.69, 9.17) is 13.9 Å². The molecular formula is C24H26N2O6S. The molecule has 1 aliphatic rings. The number of sulfonamides is 1. The zero-order valence-corrected chi connectivity index (χ0v) is 19.1. The lowest BCUT2D eigenvalue weighted by molar-refractivity contribution is 0.0993. The third kappa shape index (κ3) is 5.20. The van der Waals surface area contributed by atoms with Crippen molar-refractivity contribution in [3.8, 4) is 11.5 Å². The second kappa shape index (κ2) is 10.1. The Bertz CT molecular complexity index is 1200. The molecule has 0 bridgehead atoms. The molecule has 1 fully saturated rings. The molecule has 33 heavy (non-hydrogen) atoms. The molecule has 0 radical (unpaired) electrons. The number of furan rings is 1. The monoisotopic (exact) mass is 470 g/mol. The zero-order valence-electron chi connectivity index (χ0n) is 18.3. The van der Waals surface area contributed by atoms with E-state index in [0.29, 0.717) is 36.7 Å². The highest BCUT2D eigenvalue weighted by molar-refractivity contribution is 7.89. The number of amides is 1. The third-order valence-electron chi connectivity index (χ3n) is 5.27. The summed E-state index contributed by atoms with van der Waals surface area (Å²) in [4.78, 5) is 12.9. The van der Waals surface area contributed by atoms with Crippen molar-refractivity contribution in [1.29, 1.82) is 0 Å². The van der Waals surface area contributed by atoms with Crippen LogP contribution in [-0.4, -0.2) is 38.3 Å². The van der Waals surface area contributed by atoms with E-state index < -0.39 is 15.9 Å². The van der Waals surface area contributed by atoms with Gasteiger partial charge in [-0.3, -0.25) is 4.79 Å². The average molecular weight is 471 g/mol. The average Bonchev–Trinajstić information content (AvgIpc) is 3.52. The topological polar surface area (TPSA) is 98.1 Å². The molecule has 1 aliphatic heterocycles. The second-order valence-electron chi connectivity index (χ2n) is 7.54. The van der Waals surface area contributed by atoms with Crippen LogP contribution in [0.5, 0.6) is 11.5 Å². The van der Waals surface area contributed by atoms with Crippen LogP contribution in [0.25, 0.3) is 0 Å². The van der Waals surface area contributed by atoms with Crippen LogP contribution < -0.4 is 14.8 Å². The maximum atomic E-state index is 13.2. The molecule has 4 rings (SSSR count). The smallest absolute Gasteiger partial charge is 0.291 e. The number of benzene rings is 2. The zero-order chi connectivity index (χ0) is 23.3. The van der Waals surface area contributed by atoms with Gasteiger partial charge in [0.05, 0.1) is 12.9 Å². The molecule has 1 amide bonds. The molecule has 2 aromatic carbocycles. The van der Waals surface area contributed by atoms with Crippen molar-refractivity contribution >= 4 is 21.6 Å². The van der Waals surface area contributed by atoms with Gasteiger partial charge in [-0.25, -0.2) is 8.42 Å². The number of hydrogen-bond acceptors (Lipinski definition) is 6. The van der Waals surface area contributed by atoms with Crippen LogP contribution in [0, 0.1) is 0 Å². The first-order chi connectivity index (χ1) is 16.0. The first kappa shape index (κ1) is 22.9. The summed E-state index contributed by atoms with van der Waals surface area (Å²) >= 11 is 0. The Hall–Kier alpha value is -3.30. The van der Waals surface area contributed by atoms with Gasteiger partial charge in [0.1, 0.15) is 23.0 Å². The van der Waals surface area contributed by atoms with Crippen LogP contribution in [0.3, 0.4) is 0 Å². The maximum absolute atomic E-state index is 13.2. The van der Waals surface area contributed by atoms with Gasteiger partial charge < -0.3 is 19.2 Å². The molecule has 1 aromatic heterocycles. The fourth-order valence-corrected chi connectivity index (χ4v) is 5.32. The number of carbonyl (C=O) groups is 1. The van der Waals surface area contributed by atoms with E-state index in [0.717, 1.165) is 12.8 Å². The lowest BCUT2D eigenvalue weighted by Crippen LogP contribution is -2.28. The molecule has 0 unspecified atom stereocenters. The molecule has 0 spiro atoms. The Morgan fingerprint density at radius 2 is 1.82 bits per heavy atom. The van der Waals surface area contributed by atoms with E-state index in [1.165, 1.54) is 16.6 Å². The third-order valence-corrected chi connectivity index (χ3v) is 7.19. The van der Waals surface area contributed by atoms with Crippen LogP contribution in [-0.2, 0) is 16.6 Å². The molecule has 1 N–H and O–H groups in total. The molecule has 174 valence electrons. The molecule has 3 aromatic rings. The van der Waals surface area contributed by atoms with E-state index in [2.05, 4.69) is 5.32 Å². The molecule has 0 aliphatic carbocycles. The van der Waals surface area contributed by atoms with Gasteiger partial charge in [-0.2, -0.15) is 4.31 Å². The largest absolute Gasteiger partial charge is 0.492 e. The van der Waals surface area contributed by atoms with Gasteiger partial charge in [-0.15, -0.1) is 0 Å². The fraction of sp³-hybridized carbons (Fsp3) is 0.292. The predicted molar refractivity (Wildman–Crippen MR) is 123 cm³/mol. The number of carbonyl (C=O) groups excluding carboxylic acids is 1. The van der Waals surface area contributed by atoms with Gasteiger partial charge in [-0.1, -0.05) is 18.2 Å². The van der Waals surface area contributed by atoms with E-state index >= 15 is 0 Å². The number of para-hydroxylation sites is 1. The SMILES string of the molecule is CCOc1ccc(NC(=O)c2occc2COc2ccccc2)cc1S(=O)(=O)N1CCCC1. The molecule has 9 heteroatoms. The van der Waals surface area contributed by atoms with Crippen molar-refractivity contribution in [2.45, 2.75) is 31.3 Å².